The summed E-state index contributed by atoms with van der Waals surface area (Å²) in [5.74, 6) is -1.28. The van der Waals surface area contributed by atoms with Gasteiger partial charge >= 0.3 is 5.76 Å². The Bertz CT molecular complexity index is 1710. The third-order valence-electron chi connectivity index (χ3n) is 5.75. The predicted octanol–water partition coefficient (Wildman–Crippen LogP) is 4.21. The number of para-hydroxylation sites is 1. The van der Waals surface area contributed by atoms with Gasteiger partial charge in [0.25, 0.3) is 5.91 Å². The zero-order chi connectivity index (χ0) is 25.8. The number of aromatic amines is 2. The second kappa shape index (κ2) is 10.1. The lowest BCUT2D eigenvalue weighted by Gasteiger charge is -2.09. The summed E-state index contributed by atoms with van der Waals surface area (Å²) in [4.78, 5) is 42.6. The lowest BCUT2D eigenvalue weighted by Crippen LogP contribution is -2.14. The maximum atomic E-state index is 13.1. The van der Waals surface area contributed by atoms with Gasteiger partial charge in [0.15, 0.2) is 5.82 Å². The highest BCUT2D eigenvalue weighted by atomic mass is 16.5. The number of hydrogen-bond acceptors (Lipinski definition) is 6. The van der Waals surface area contributed by atoms with Crippen LogP contribution < -0.4 is 16.4 Å². The zero-order valence-electron chi connectivity index (χ0n) is 19.4. The van der Waals surface area contributed by atoms with Gasteiger partial charge in [-0.15, -0.1) is 0 Å². The minimum atomic E-state index is -0.761. The van der Waals surface area contributed by atoms with Gasteiger partial charge < -0.3 is 15.6 Å². The molecule has 0 aliphatic rings. The fourth-order valence-electron chi connectivity index (χ4n) is 3.95. The highest BCUT2D eigenvalue weighted by Gasteiger charge is 2.17. The molecule has 0 radical (unpaired) electrons. The van der Waals surface area contributed by atoms with Crippen molar-refractivity contribution in [2.45, 2.75) is 12.8 Å². The molecule has 0 saturated heterocycles. The van der Waals surface area contributed by atoms with Gasteiger partial charge in [0, 0.05) is 17.4 Å². The summed E-state index contributed by atoms with van der Waals surface area (Å²) in [5.41, 5.74) is 3.46. The number of nitrogens with zero attached hydrogens (tertiary/aromatic N) is 2. The predicted molar refractivity (Wildman–Crippen MR) is 137 cm³/mol. The summed E-state index contributed by atoms with van der Waals surface area (Å²) in [6.45, 7) is 0. The number of hydrogen-bond donors (Lipinski definition) is 4. The number of aromatic nitrogens is 3. The SMILES string of the molecule is N#Cc1ccc(NC(=O)c2cc3cccc(NC(=O)CCc4ccccc4)c3[nH]2)c(-c2noc(=O)[nH]2)c1. The molecule has 0 saturated carbocycles. The van der Waals surface area contributed by atoms with E-state index >= 15 is 0 Å². The molecule has 3 aromatic carbocycles. The highest BCUT2D eigenvalue weighted by molar-refractivity contribution is 6.09. The number of rotatable bonds is 7. The normalized spacial score (nSPS) is 10.7. The van der Waals surface area contributed by atoms with Crippen molar-refractivity contribution in [1.82, 2.24) is 15.1 Å². The molecule has 4 N–H and O–H groups in total. The standard InChI is InChI=1S/C27H20N6O4/c28-15-17-9-11-20(19(13-17)25-32-27(36)37-33-25)31-26(35)22-14-18-7-4-8-21(24(18)30-22)29-23(34)12-10-16-5-2-1-3-6-16/h1-9,11,13-14,30H,10,12H2,(H,29,34)(H,31,35)(H,32,33,36). The van der Waals surface area contributed by atoms with Gasteiger partial charge in [-0.25, -0.2) is 4.79 Å². The fraction of sp³-hybridized carbons (Fsp3) is 0.0741. The molecule has 10 heteroatoms. The van der Waals surface area contributed by atoms with Crippen molar-refractivity contribution in [3.63, 3.8) is 0 Å². The smallest absolute Gasteiger partial charge is 0.349 e. The molecule has 0 aliphatic heterocycles. The molecule has 10 nitrogen and oxygen atoms in total. The minimum Gasteiger partial charge on any atom is -0.349 e. The number of nitriles is 1. The van der Waals surface area contributed by atoms with Crippen LogP contribution in [0.3, 0.4) is 0 Å². The van der Waals surface area contributed by atoms with E-state index < -0.39 is 11.7 Å². The number of aryl methyl sites for hydroxylation is 1. The monoisotopic (exact) mass is 492 g/mol. The summed E-state index contributed by atoms with van der Waals surface area (Å²) in [5, 5.41) is 19.3. The van der Waals surface area contributed by atoms with Crippen LogP contribution in [-0.4, -0.2) is 26.9 Å². The number of carbonyl (C=O) groups is 2. The van der Waals surface area contributed by atoms with E-state index in [1.807, 2.05) is 42.5 Å². The maximum absolute atomic E-state index is 13.1. The van der Waals surface area contributed by atoms with Crippen LogP contribution in [0.5, 0.6) is 0 Å². The Morgan fingerprint density at radius 3 is 2.54 bits per heavy atom. The fourth-order valence-corrected chi connectivity index (χ4v) is 3.95. The molecule has 0 spiro atoms. The number of nitrogens with one attached hydrogen (secondary N) is 4. The van der Waals surface area contributed by atoms with Crippen molar-refractivity contribution < 1.29 is 14.1 Å². The van der Waals surface area contributed by atoms with Gasteiger partial charge in [0.1, 0.15) is 5.69 Å². The first-order chi connectivity index (χ1) is 18.0. The van der Waals surface area contributed by atoms with Gasteiger partial charge in [0.2, 0.25) is 5.91 Å². The Balaban J connectivity index is 1.36. The molecule has 2 heterocycles. The summed E-state index contributed by atoms with van der Waals surface area (Å²) >= 11 is 0. The average molecular weight is 492 g/mol. The van der Waals surface area contributed by atoms with Gasteiger partial charge in [0.05, 0.1) is 28.5 Å². The van der Waals surface area contributed by atoms with Gasteiger partial charge in [-0.05, 0) is 42.3 Å². The minimum absolute atomic E-state index is 0.0783. The van der Waals surface area contributed by atoms with E-state index in [1.165, 1.54) is 12.1 Å². The zero-order valence-corrected chi connectivity index (χ0v) is 19.4. The Labute approximate surface area is 209 Å². The second-order valence-corrected chi connectivity index (χ2v) is 8.26. The highest BCUT2D eigenvalue weighted by Crippen LogP contribution is 2.28. The van der Waals surface area contributed by atoms with E-state index in [0.717, 1.165) is 10.9 Å². The molecule has 0 unspecified atom stereocenters. The largest absolute Gasteiger partial charge is 0.439 e. The average Bonchev–Trinajstić information content (AvgIpc) is 3.55. The Morgan fingerprint density at radius 2 is 1.78 bits per heavy atom. The first-order valence-corrected chi connectivity index (χ1v) is 11.4. The van der Waals surface area contributed by atoms with Crippen molar-refractivity contribution in [2.24, 2.45) is 0 Å². The van der Waals surface area contributed by atoms with Crippen LogP contribution in [0, 0.1) is 11.3 Å². The molecular weight excluding hydrogens is 472 g/mol. The van der Waals surface area contributed by atoms with Crippen LogP contribution in [0.1, 0.15) is 28.0 Å². The van der Waals surface area contributed by atoms with E-state index in [2.05, 4.69) is 30.3 Å². The van der Waals surface area contributed by atoms with E-state index in [4.69, 9.17) is 0 Å². The molecule has 0 fully saturated rings. The molecule has 0 atom stereocenters. The lowest BCUT2D eigenvalue weighted by atomic mass is 10.1. The number of amides is 2. The maximum Gasteiger partial charge on any atom is 0.439 e. The van der Waals surface area contributed by atoms with E-state index in [9.17, 15) is 19.6 Å². The topological polar surface area (TPSA) is 157 Å². The van der Waals surface area contributed by atoms with Crippen molar-refractivity contribution in [1.29, 1.82) is 5.26 Å². The van der Waals surface area contributed by atoms with E-state index in [-0.39, 0.29) is 17.4 Å². The molecule has 5 rings (SSSR count). The number of anilines is 2. The van der Waals surface area contributed by atoms with Gasteiger partial charge in [-0.1, -0.05) is 47.6 Å². The second-order valence-electron chi connectivity index (χ2n) is 8.26. The summed E-state index contributed by atoms with van der Waals surface area (Å²) in [7, 11) is 0. The number of fused-ring (bicyclic) bond motifs is 1. The molecule has 37 heavy (non-hydrogen) atoms. The molecule has 182 valence electrons. The van der Waals surface area contributed by atoms with E-state index in [1.54, 1.807) is 24.3 Å². The molecule has 2 aromatic heterocycles. The van der Waals surface area contributed by atoms with Crippen LogP contribution >= 0.6 is 0 Å². The van der Waals surface area contributed by atoms with Crippen molar-refractivity contribution in [3.05, 3.63) is 100 Å². The van der Waals surface area contributed by atoms with Crippen LogP contribution in [0.15, 0.2) is 82.1 Å². The van der Waals surface area contributed by atoms with E-state index in [0.29, 0.717) is 40.9 Å². The Morgan fingerprint density at radius 1 is 0.946 bits per heavy atom. The molecule has 2 amide bonds. The number of benzene rings is 3. The number of carbonyl (C=O) groups excluding carboxylic acids is 2. The summed E-state index contributed by atoms with van der Waals surface area (Å²) < 4.78 is 4.57. The summed E-state index contributed by atoms with van der Waals surface area (Å²) in [6, 6.07) is 23.4. The van der Waals surface area contributed by atoms with Gasteiger partial charge in [-0.2, -0.15) is 5.26 Å². The quantitative estimate of drug-likeness (QED) is 0.267. The number of H-pyrrole nitrogens is 2. The van der Waals surface area contributed by atoms with Crippen LogP contribution in [0.25, 0.3) is 22.3 Å². The van der Waals surface area contributed by atoms with Gasteiger partial charge in [-0.3, -0.25) is 19.1 Å². The molecule has 0 aliphatic carbocycles. The Hall–Kier alpha value is -5.43. The van der Waals surface area contributed by atoms with Crippen molar-refractivity contribution in [2.75, 3.05) is 10.6 Å². The molecule has 5 aromatic rings. The van der Waals surface area contributed by atoms with Crippen LogP contribution in [-0.2, 0) is 11.2 Å². The van der Waals surface area contributed by atoms with Crippen molar-refractivity contribution >= 4 is 34.1 Å². The first-order valence-electron chi connectivity index (χ1n) is 11.4. The lowest BCUT2D eigenvalue weighted by molar-refractivity contribution is -0.116. The third-order valence-corrected chi connectivity index (χ3v) is 5.75. The third kappa shape index (κ3) is 5.16. The molecular formula is C27H20N6O4. The first kappa shape index (κ1) is 23.3. The van der Waals surface area contributed by atoms with Crippen molar-refractivity contribution in [3.8, 4) is 17.5 Å². The Kier molecular flexibility index (Phi) is 6.33. The van der Waals surface area contributed by atoms with Crippen LogP contribution in [0.2, 0.25) is 0 Å². The molecule has 0 bridgehead atoms. The van der Waals surface area contributed by atoms with Crippen LogP contribution in [0.4, 0.5) is 11.4 Å². The summed E-state index contributed by atoms with van der Waals surface area (Å²) in [6.07, 6.45) is 0.935.